The molecule has 14 heteroatoms. The van der Waals surface area contributed by atoms with Gasteiger partial charge in [-0.2, -0.15) is 4.39 Å². The van der Waals surface area contributed by atoms with Gasteiger partial charge < -0.3 is 36.1 Å². The van der Waals surface area contributed by atoms with E-state index in [1.807, 2.05) is 4.90 Å². The van der Waals surface area contributed by atoms with Gasteiger partial charge in [0, 0.05) is 30.6 Å². The molecule has 1 aliphatic heterocycles. The largest absolute Gasteiger partial charge is 0.504 e. The van der Waals surface area contributed by atoms with Crippen LogP contribution in [-0.2, 0) is 4.79 Å². The Bertz CT molecular complexity index is 1470. The molecule has 1 aromatic heterocycles. The number of amidine groups is 2. The minimum Gasteiger partial charge on any atom is -0.504 e. The molecule has 0 amide bonds. The molecule has 2 heterocycles. The number of carboxylic acid groups (broad SMARTS) is 1. The number of benzene rings is 2. The predicted molar refractivity (Wildman–Crippen MR) is 140 cm³/mol. The second-order valence-electron chi connectivity index (χ2n) is 8.32. The third-order valence-electron chi connectivity index (χ3n) is 5.61. The molecule has 11 nitrogen and oxygen atoms in total. The molecule has 39 heavy (non-hydrogen) atoms. The zero-order valence-corrected chi connectivity index (χ0v) is 21.3. The average Bonchev–Trinajstić information content (AvgIpc) is 3.33. The number of nitrogens with two attached hydrogens (primary N) is 2. The highest BCUT2D eigenvalue weighted by molar-refractivity contribution is 8.00. The van der Waals surface area contributed by atoms with Gasteiger partial charge in [0.25, 0.3) is 5.88 Å². The van der Waals surface area contributed by atoms with Gasteiger partial charge in [0.1, 0.15) is 22.7 Å². The molecular formula is C25H24F2N6O5S. The molecule has 3 aromatic rings. The van der Waals surface area contributed by atoms with Gasteiger partial charge in [-0.1, -0.05) is 0 Å². The SMILES string of the molecule is CN1CCN=C1c1cc(SC(CN)C(=O)O)ccc1Oc1c(F)cnc(Oc2cc(C(=N)N)ccc2O)c1F. The maximum absolute atomic E-state index is 15.4. The van der Waals surface area contributed by atoms with E-state index in [0.717, 1.165) is 11.8 Å². The Hall–Kier alpha value is -4.43. The van der Waals surface area contributed by atoms with Crippen LogP contribution >= 0.6 is 11.8 Å². The number of halogens is 2. The first kappa shape index (κ1) is 27.6. The van der Waals surface area contributed by atoms with Gasteiger partial charge in [0.05, 0.1) is 18.3 Å². The van der Waals surface area contributed by atoms with Crippen LogP contribution in [0.4, 0.5) is 8.78 Å². The number of phenols is 1. The van der Waals surface area contributed by atoms with Crippen molar-refractivity contribution in [3.05, 3.63) is 65.4 Å². The van der Waals surface area contributed by atoms with Gasteiger partial charge in [-0.05, 0) is 36.4 Å². The van der Waals surface area contributed by atoms with Crippen molar-refractivity contribution in [2.75, 3.05) is 26.7 Å². The van der Waals surface area contributed by atoms with E-state index >= 15 is 4.39 Å². The number of thioether (sulfide) groups is 1. The van der Waals surface area contributed by atoms with Crippen molar-refractivity contribution < 1.29 is 33.3 Å². The highest BCUT2D eigenvalue weighted by Crippen LogP contribution is 2.39. The number of hydrogen-bond donors (Lipinski definition) is 5. The maximum atomic E-state index is 15.4. The quantitative estimate of drug-likeness (QED) is 0.141. The van der Waals surface area contributed by atoms with Crippen LogP contribution in [0.1, 0.15) is 11.1 Å². The van der Waals surface area contributed by atoms with Crippen molar-refractivity contribution in [1.82, 2.24) is 9.88 Å². The smallest absolute Gasteiger partial charge is 0.318 e. The number of pyridine rings is 1. The normalized spacial score (nSPS) is 13.6. The number of nitrogens with one attached hydrogen (secondary N) is 1. The lowest BCUT2D eigenvalue weighted by molar-refractivity contribution is -0.136. The minimum absolute atomic E-state index is 0.0443. The minimum atomic E-state index is -1.29. The summed E-state index contributed by atoms with van der Waals surface area (Å²) in [6.45, 7) is 0.989. The molecule has 0 bridgehead atoms. The number of ether oxygens (including phenoxy) is 2. The zero-order chi connectivity index (χ0) is 28.3. The summed E-state index contributed by atoms with van der Waals surface area (Å²) in [5, 5.41) is 26.1. The number of nitrogen functional groups attached to an aromatic ring is 1. The first-order valence-corrected chi connectivity index (χ1v) is 12.3. The van der Waals surface area contributed by atoms with E-state index in [0.29, 0.717) is 35.6 Å². The summed E-state index contributed by atoms with van der Waals surface area (Å²) in [5.41, 5.74) is 11.6. The predicted octanol–water partition coefficient (Wildman–Crippen LogP) is 3.13. The molecule has 1 atom stereocenters. The number of aromatic nitrogens is 1. The second-order valence-corrected chi connectivity index (χ2v) is 9.60. The van der Waals surface area contributed by atoms with Gasteiger partial charge in [0.2, 0.25) is 11.6 Å². The van der Waals surface area contributed by atoms with Crippen molar-refractivity contribution in [2.24, 2.45) is 16.5 Å². The second kappa shape index (κ2) is 11.5. The monoisotopic (exact) mass is 558 g/mol. The van der Waals surface area contributed by atoms with Crippen LogP contribution in [0.25, 0.3) is 0 Å². The Morgan fingerprint density at radius 1 is 1.23 bits per heavy atom. The molecule has 1 unspecified atom stereocenters. The van der Waals surface area contributed by atoms with Crippen LogP contribution in [0.2, 0.25) is 0 Å². The lowest BCUT2D eigenvalue weighted by Gasteiger charge is -2.19. The summed E-state index contributed by atoms with van der Waals surface area (Å²) in [6, 6.07) is 8.39. The van der Waals surface area contributed by atoms with Crippen molar-refractivity contribution in [3.63, 3.8) is 0 Å². The Morgan fingerprint density at radius 3 is 2.64 bits per heavy atom. The number of rotatable bonds is 10. The fourth-order valence-electron chi connectivity index (χ4n) is 3.61. The molecule has 2 aromatic carbocycles. The number of aliphatic imine (C=N–C) groups is 1. The fourth-order valence-corrected chi connectivity index (χ4v) is 4.47. The number of carbonyl (C=O) groups is 1. The van der Waals surface area contributed by atoms with Crippen molar-refractivity contribution in [1.29, 1.82) is 5.41 Å². The number of likely N-dealkylation sites (N-methyl/N-ethyl adjacent to an activating group) is 1. The first-order chi connectivity index (χ1) is 18.6. The van der Waals surface area contributed by atoms with Gasteiger partial charge in [-0.3, -0.25) is 15.2 Å². The molecule has 0 radical (unpaired) electrons. The molecule has 0 saturated carbocycles. The van der Waals surface area contributed by atoms with Crippen molar-refractivity contribution in [2.45, 2.75) is 10.1 Å². The lowest BCUT2D eigenvalue weighted by atomic mass is 10.1. The van der Waals surface area contributed by atoms with Gasteiger partial charge >= 0.3 is 5.97 Å². The standard InChI is InChI=1S/C25H24F2N6O5S/c1-33-7-6-31-23(33)14-9-13(39-19(10-28)25(35)36)3-5-17(14)37-21-15(26)11-32-24(20(21)27)38-18-8-12(22(29)30)2-4-16(18)34/h2-5,8-9,11,19,34H,6-7,10,28H2,1H3,(H3,29,30)(H,35,36). The first-order valence-electron chi connectivity index (χ1n) is 11.5. The number of phenolic OH excluding ortho intramolecular Hbond substituents is 1. The van der Waals surface area contributed by atoms with Crippen LogP contribution in [0.3, 0.4) is 0 Å². The topological polar surface area (TPSA) is 180 Å². The molecule has 0 saturated heterocycles. The Kier molecular flexibility index (Phi) is 8.16. The zero-order valence-electron chi connectivity index (χ0n) is 20.5. The molecule has 4 rings (SSSR count). The van der Waals surface area contributed by atoms with Crippen LogP contribution in [0.5, 0.6) is 28.9 Å². The van der Waals surface area contributed by atoms with Crippen LogP contribution in [0, 0.1) is 17.0 Å². The van der Waals surface area contributed by atoms with Crippen molar-refractivity contribution in [3.8, 4) is 28.9 Å². The van der Waals surface area contributed by atoms with E-state index in [1.54, 1.807) is 19.2 Å². The van der Waals surface area contributed by atoms with E-state index in [9.17, 15) is 19.4 Å². The Labute approximate surface area is 225 Å². The maximum Gasteiger partial charge on any atom is 0.318 e. The van der Waals surface area contributed by atoms with E-state index in [2.05, 4.69) is 9.98 Å². The summed E-state index contributed by atoms with van der Waals surface area (Å²) in [7, 11) is 1.79. The van der Waals surface area contributed by atoms with E-state index in [1.165, 1.54) is 24.3 Å². The Morgan fingerprint density at radius 2 is 2.00 bits per heavy atom. The van der Waals surface area contributed by atoms with E-state index < -0.39 is 34.5 Å². The molecular weight excluding hydrogens is 534 g/mol. The van der Waals surface area contributed by atoms with Gasteiger partial charge in [0.15, 0.2) is 17.3 Å². The van der Waals surface area contributed by atoms with Gasteiger partial charge in [-0.25, -0.2) is 9.37 Å². The molecule has 0 spiro atoms. The molecule has 0 aliphatic carbocycles. The average molecular weight is 559 g/mol. The van der Waals surface area contributed by atoms with Crippen LogP contribution in [0.15, 0.2) is 52.5 Å². The fraction of sp³-hybridized carbons (Fsp3) is 0.200. The highest BCUT2D eigenvalue weighted by atomic mass is 32.2. The number of aromatic hydroxyl groups is 1. The molecule has 0 fully saturated rings. The third kappa shape index (κ3) is 6.02. The van der Waals surface area contributed by atoms with E-state index in [4.69, 9.17) is 26.4 Å². The molecule has 204 valence electrons. The lowest BCUT2D eigenvalue weighted by Crippen LogP contribution is -2.26. The summed E-state index contributed by atoms with van der Waals surface area (Å²) in [6.07, 6.45) is 0.696. The van der Waals surface area contributed by atoms with Crippen LogP contribution < -0.4 is 20.9 Å². The number of carboxylic acids is 1. The highest BCUT2D eigenvalue weighted by Gasteiger charge is 2.26. The summed E-state index contributed by atoms with van der Waals surface area (Å²) in [4.78, 5) is 21.9. The van der Waals surface area contributed by atoms with Crippen LogP contribution in [-0.4, -0.2) is 69.7 Å². The molecule has 1 aliphatic rings. The number of nitrogens with zero attached hydrogens (tertiary/aromatic N) is 3. The van der Waals surface area contributed by atoms with Crippen molar-refractivity contribution >= 4 is 29.4 Å². The summed E-state index contributed by atoms with van der Waals surface area (Å²) in [5.74, 6) is -5.43. The number of aliphatic carboxylic acids is 1. The number of hydrogen-bond acceptors (Lipinski definition) is 10. The Balaban J connectivity index is 1.71. The summed E-state index contributed by atoms with van der Waals surface area (Å²) >= 11 is 1.02. The molecule has 7 N–H and O–H groups in total. The van der Waals surface area contributed by atoms with E-state index in [-0.39, 0.29) is 35.2 Å². The van der Waals surface area contributed by atoms with Gasteiger partial charge in [-0.15, -0.1) is 11.8 Å². The third-order valence-corrected chi connectivity index (χ3v) is 6.81. The summed E-state index contributed by atoms with van der Waals surface area (Å²) < 4.78 is 41.3.